The summed E-state index contributed by atoms with van der Waals surface area (Å²) in [7, 11) is 0. The van der Waals surface area contributed by atoms with Gasteiger partial charge in [0.05, 0.1) is 15.6 Å². The number of nitrogens with zero attached hydrogens (tertiary/aromatic N) is 1. The number of thioether (sulfide) groups is 1. The summed E-state index contributed by atoms with van der Waals surface area (Å²) in [5, 5.41) is 14.5. The molecule has 1 N–H and O–H groups in total. The van der Waals surface area contributed by atoms with E-state index in [1.54, 1.807) is 13.0 Å². The number of hydrogen-bond donors (Lipinski definition) is 1. The number of aryl methyl sites for hydroxylation is 1. The summed E-state index contributed by atoms with van der Waals surface area (Å²) in [4.78, 5) is 10.4. The Morgan fingerprint density at radius 2 is 2.22 bits per heavy atom. The van der Waals surface area contributed by atoms with Crippen molar-refractivity contribution >= 4 is 34.7 Å². The van der Waals surface area contributed by atoms with E-state index >= 15 is 0 Å². The normalized spacial score (nSPS) is 16.4. The van der Waals surface area contributed by atoms with Gasteiger partial charge in [0.1, 0.15) is 0 Å². The summed E-state index contributed by atoms with van der Waals surface area (Å²) in [6.45, 7) is 2.58. The molecule has 2 rings (SSSR count). The Morgan fingerprint density at radius 1 is 1.56 bits per heavy atom. The van der Waals surface area contributed by atoms with Gasteiger partial charge in [0.2, 0.25) is 0 Å². The minimum atomic E-state index is -0.407. The average Bonchev–Trinajstić information content (AvgIpc) is 3.10. The Kier molecular flexibility index (Phi) is 3.73. The summed E-state index contributed by atoms with van der Waals surface area (Å²) < 4.78 is 0.332. The van der Waals surface area contributed by atoms with Crippen LogP contribution in [0.4, 0.5) is 11.4 Å². The maximum atomic E-state index is 10.8. The molecule has 0 atom stereocenters. The third kappa shape index (κ3) is 2.72. The fourth-order valence-electron chi connectivity index (χ4n) is 1.85. The quantitative estimate of drug-likeness (QED) is 0.659. The van der Waals surface area contributed by atoms with E-state index in [1.807, 2.05) is 11.8 Å². The maximum absolute atomic E-state index is 10.8. The SMILES string of the molecule is CSC1(CNc2cc(C)c([N+](=O)[O-])cc2Cl)CC1. The van der Waals surface area contributed by atoms with Gasteiger partial charge in [0, 0.05) is 22.9 Å². The van der Waals surface area contributed by atoms with Crippen LogP contribution in [-0.2, 0) is 0 Å². The monoisotopic (exact) mass is 286 g/mol. The summed E-state index contributed by atoms with van der Waals surface area (Å²) in [6.07, 6.45) is 4.53. The molecular formula is C12H15ClN2O2S. The molecule has 0 saturated heterocycles. The molecule has 0 bridgehead atoms. The lowest BCUT2D eigenvalue weighted by Crippen LogP contribution is -2.17. The summed E-state index contributed by atoms with van der Waals surface area (Å²) >= 11 is 7.93. The highest BCUT2D eigenvalue weighted by Gasteiger charge is 2.41. The number of nitro groups is 1. The Bertz CT molecular complexity index is 489. The molecule has 1 aromatic rings. The zero-order valence-electron chi connectivity index (χ0n) is 10.3. The van der Waals surface area contributed by atoms with Crippen LogP contribution in [0.3, 0.4) is 0 Å². The van der Waals surface area contributed by atoms with E-state index in [-0.39, 0.29) is 5.69 Å². The number of nitrogens with one attached hydrogen (secondary N) is 1. The van der Waals surface area contributed by atoms with E-state index in [4.69, 9.17) is 11.6 Å². The molecule has 1 aliphatic rings. The third-order valence-corrected chi connectivity index (χ3v) is 5.06. The van der Waals surface area contributed by atoms with Gasteiger partial charge in [0.25, 0.3) is 5.69 Å². The molecule has 0 spiro atoms. The number of rotatable bonds is 5. The lowest BCUT2D eigenvalue weighted by Gasteiger charge is -2.15. The van der Waals surface area contributed by atoms with E-state index in [0.717, 1.165) is 12.2 Å². The number of halogens is 1. The minimum absolute atomic E-state index is 0.0663. The molecule has 18 heavy (non-hydrogen) atoms. The molecule has 1 fully saturated rings. The smallest absolute Gasteiger partial charge is 0.273 e. The summed E-state index contributed by atoms with van der Waals surface area (Å²) in [5.41, 5.74) is 1.47. The van der Waals surface area contributed by atoms with Crippen LogP contribution in [-0.4, -0.2) is 22.5 Å². The standard InChI is InChI=1S/C12H15ClN2O2S/c1-8-5-10(9(13)6-11(8)15(16)17)14-7-12(18-2)3-4-12/h5-6,14H,3-4,7H2,1-2H3. The Labute approximate surface area is 115 Å². The van der Waals surface area contributed by atoms with E-state index in [2.05, 4.69) is 11.6 Å². The van der Waals surface area contributed by atoms with Crippen molar-refractivity contribution in [3.8, 4) is 0 Å². The van der Waals surface area contributed by atoms with Crippen LogP contribution in [0.1, 0.15) is 18.4 Å². The van der Waals surface area contributed by atoms with E-state index in [1.165, 1.54) is 18.9 Å². The van der Waals surface area contributed by atoms with Crippen molar-refractivity contribution in [2.24, 2.45) is 0 Å². The van der Waals surface area contributed by atoms with Crippen LogP contribution in [0.5, 0.6) is 0 Å². The molecular weight excluding hydrogens is 272 g/mol. The predicted molar refractivity (Wildman–Crippen MR) is 76.8 cm³/mol. The predicted octanol–water partition coefficient (Wildman–Crippen LogP) is 3.86. The topological polar surface area (TPSA) is 55.2 Å². The summed E-state index contributed by atoms with van der Waals surface area (Å²) in [6, 6.07) is 3.16. The molecule has 0 aromatic heterocycles. The number of nitro benzene ring substituents is 1. The van der Waals surface area contributed by atoms with Crippen LogP contribution >= 0.6 is 23.4 Å². The molecule has 1 saturated carbocycles. The van der Waals surface area contributed by atoms with Gasteiger partial charge in [-0.25, -0.2) is 0 Å². The first-order chi connectivity index (χ1) is 8.47. The number of anilines is 1. The first-order valence-electron chi connectivity index (χ1n) is 5.71. The lowest BCUT2D eigenvalue weighted by molar-refractivity contribution is -0.385. The zero-order chi connectivity index (χ0) is 13.3. The molecule has 0 amide bonds. The Morgan fingerprint density at radius 3 is 2.72 bits per heavy atom. The highest BCUT2D eigenvalue weighted by Crippen LogP contribution is 2.47. The Hall–Kier alpha value is -0.940. The highest BCUT2D eigenvalue weighted by molar-refractivity contribution is 8.00. The molecule has 0 radical (unpaired) electrons. The maximum Gasteiger partial charge on any atom is 0.273 e. The van der Waals surface area contributed by atoms with Gasteiger partial charge in [0.15, 0.2) is 0 Å². The van der Waals surface area contributed by atoms with Crippen LogP contribution in [0.15, 0.2) is 12.1 Å². The second kappa shape index (κ2) is 4.97. The van der Waals surface area contributed by atoms with E-state index < -0.39 is 4.92 Å². The van der Waals surface area contributed by atoms with Crippen LogP contribution < -0.4 is 5.32 Å². The van der Waals surface area contributed by atoms with E-state index in [0.29, 0.717) is 15.3 Å². The van der Waals surface area contributed by atoms with Crippen molar-refractivity contribution in [2.75, 3.05) is 18.1 Å². The van der Waals surface area contributed by atoms with Crippen molar-refractivity contribution in [2.45, 2.75) is 24.5 Å². The van der Waals surface area contributed by atoms with Gasteiger partial charge >= 0.3 is 0 Å². The van der Waals surface area contributed by atoms with Crippen LogP contribution in [0, 0.1) is 17.0 Å². The van der Waals surface area contributed by atoms with Gasteiger partial charge in [-0.05, 0) is 32.1 Å². The van der Waals surface area contributed by atoms with Gasteiger partial charge in [-0.15, -0.1) is 0 Å². The Balaban J connectivity index is 2.14. The van der Waals surface area contributed by atoms with Gasteiger partial charge in [-0.2, -0.15) is 11.8 Å². The molecule has 1 aliphatic carbocycles. The fourth-order valence-corrected chi connectivity index (χ4v) is 2.80. The lowest BCUT2D eigenvalue weighted by atomic mass is 10.2. The second-order valence-electron chi connectivity index (χ2n) is 4.62. The highest BCUT2D eigenvalue weighted by atomic mass is 35.5. The van der Waals surface area contributed by atoms with Gasteiger partial charge in [-0.1, -0.05) is 11.6 Å². The van der Waals surface area contributed by atoms with Gasteiger partial charge in [-0.3, -0.25) is 10.1 Å². The van der Waals surface area contributed by atoms with Crippen molar-refractivity contribution in [1.29, 1.82) is 0 Å². The van der Waals surface area contributed by atoms with Crippen molar-refractivity contribution < 1.29 is 4.92 Å². The van der Waals surface area contributed by atoms with Crippen LogP contribution in [0.2, 0.25) is 5.02 Å². The molecule has 4 nitrogen and oxygen atoms in total. The first kappa shape index (κ1) is 13.5. The largest absolute Gasteiger partial charge is 0.382 e. The molecule has 1 aromatic carbocycles. The molecule has 0 heterocycles. The zero-order valence-corrected chi connectivity index (χ0v) is 11.9. The number of benzene rings is 1. The first-order valence-corrected chi connectivity index (χ1v) is 7.31. The van der Waals surface area contributed by atoms with Crippen molar-refractivity contribution in [3.63, 3.8) is 0 Å². The van der Waals surface area contributed by atoms with E-state index in [9.17, 15) is 10.1 Å². The second-order valence-corrected chi connectivity index (χ2v) is 6.30. The average molecular weight is 287 g/mol. The molecule has 0 unspecified atom stereocenters. The van der Waals surface area contributed by atoms with Crippen molar-refractivity contribution in [3.05, 3.63) is 32.8 Å². The fraction of sp³-hybridized carbons (Fsp3) is 0.500. The minimum Gasteiger partial charge on any atom is -0.382 e. The van der Waals surface area contributed by atoms with Crippen molar-refractivity contribution in [1.82, 2.24) is 0 Å². The molecule has 98 valence electrons. The third-order valence-electron chi connectivity index (χ3n) is 3.32. The summed E-state index contributed by atoms with van der Waals surface area (Å²) in [5.74, 6) is 0. The van der Waals surface area contributed by atoms with Crippen LogP contribution in [0.25, 0.3) is 0 Å². The number of hydrogen-bond acceptors (Lipinski definition) is 4. The molecule has 6 heteroatoms. The van der Waals surface area contributed by atoms with Gasteiger partial charge < -0.3 is 5.32 Å². The molecule has 0 aliphatic heterocycles.